The number of esters is 1. The van der Waals surface area contributed by atoms with Crippen LogP contribution in [0.25, 0.3) is 0 Å². The minimum absolute atomic E-state index is 0.253. The van der Waals surface area contributed by atoms with Crippen LogP contribution in [-0.4, -0.2) is 24.0 Å². The maximum Gasteiger partial charge on any atom is 0.337 e. The number of amides is 2. The molecule has 0 bridgehead atoms. The number of hydrogen-bond donors (Lipinski definition) is 1. The Morgan fingerprint density at radius 1 is 1.26 bits per heavy atom. The van der Waals surface area contributed by atoms with E-state index in [4.69, 9.17) is 4.74 Å². The minimum atomic E-state index is -0.728. The van der Waals surface area contributed by atoms with Crippen LogP contribution in [-0.2, 0) is 16.1 Å². The standard InChI is InChI=1S/C20H18BrFN2O3/c1-12-17(19(25)27-2)18(14-8-9-16(22)15(21)10-14)23-20(26)24(12)11-13-6-4-3-5-7-13/h3-10,18H,11H2,1-2H3,(H,23,26). The second-order valence-electron chi connectivity index (χ2n) is 6.12. The van der Waals surface area contributed by atoms with Gasteiger partial charge in [-0.3, -0.25) is 4.90 Å². The lowest BCUT2D eigenvalue weighted by atomic mass is 9.94. The summed E-state index contributed by atoms with van der Waals surface area (Å²) in [5.41, 5.74) is 2.32. The van der Waals surface area contributed by atoms with Gasteiger partial charge in [0.15, 0.2) is 0 Å². The molecule has 0 aliphatic carbocycles. The lowest BCUT2D eigenvalue weighted by Crippen LogP contribution is -2.47. The quantitative estimate of drug-likeness (QED) is 0.732. The summed E-state index contributed by atoms with van der Waals surface area (Å²) in [7, 11) is 1.29. The molecule has 1 aliphatic rings. The zero-order chi connectivity index (χ0) is 19.6. The van der Waals surface area contributed by atoms with Gasteiger partial charge in [0, 0.05) is 5.70 Å². The normalized spacial score (nSPS) is 17.0. The topological polar surface area (TPSA) is 58.6 Å². The molecule has 2 aromatic rings. The fourth-order valence-corrected chi connectivity index (χ4v) is 3.45. The lowest BCUT2D eigenvalue weighted by molar-refractivity contribution is -0.136. The maximum absolute atomic E-state index is 13.6. The first-order chi connectivity index (χ1) is 12.9. The molecule has 3 rings (SSSR count). The van der Waals surface area contributed by atoms with E-state index < -0.39 is 17.8 Å². The molecule has 1 heterocycles. The third-order valence-electron chi connectivity index (χ3n) is 4.46. The molecule has 1 unspecified atom stereocenters. The molecule has 1 atom stereocenters. The van der Waals surface area contributed by atoms with Crippen LogP contribution in [0.15, 0.2) is 64.3 Å². The Hall–Kier alpha value is -2.67. The summed E-state index contributed by atoms with van der Waals surface area (Å²) in [6, 6.07) is 12.8. The van der Waals surface area contributed by atoms with Gasteiger partial charge in [-0.05, 0) is 46.1 Å². The first-order valence-electron chi connectivity index (χ1n) is 8.28. The molecule has 1 N–H and O–H groups in total. The number of carbonyl (C=O) groups is 2. The predicted molar refractivity (Wildman–Crippen MR) is 102 cm³/mol. The highest BCUT2D eigenvalue weighted by Crippen LogP contribution is 2.33. The summed E-state index contributed by atoms with van der Waals surface area (Å²) in [5.74, 6) is -0.970. The number of methoxy groups -OCH3 is 1. The van der Waals surface area contributed by atoms with E-state index in [9.17, 15) is 14.0 Å². The van der Waals surface area contributed by atoms with Crippen molar-refractivity contribution >= 4 is 27.9 Å². The van der Waals surface area contributed by atoms with E-state index in [1.54, 1.807) is 13.0 Å². The molecule has 0 fully saturated rings. The van der Waals surface area contributed by atoms with Crippen molar-refractivity contribution in [2.45, 2.75) is 19.5 Å². The number of urea groups is 1. The van der Waals surface area contributed by atoms with Gasteiger partial charge in [-0.2, -0.15) is 0 Å². The molecule has 0 saturated carbocycles. The molecule has 27 heavy (non-hydrogen) atoms. The minimum Gasteiger partial charge on any atom is -0.466 e. The van der Waals surface area contributed by atoms with Crippen molar-refractivity contribution in [1.29, 1.82) is 0 Å². The molecule has 0 saturated heterocycles. The second kappa shape index (κ2) is 7.92. The van der Waals surface area contributed by atoms with E-state index >= 15 is 0 Å². The Kier molecular flexibility index (Phi) is 5.60. The number of benzene rings is 2. The Morgan fingerprint density at radius 3 is 2.59 bits per heavy atom. The number of hydrogen-bond acceptors (Lipinski definition) is 3. The summed E-state index contributed by atoms with van der Waals surface area (Å²) in [6.45, 7) is 2.03. The SMILES string of the molecule is COC(=O)C1=C(C)N(Cc2ccccc2)C(=O)NC1c1ccc(F)c(Br)c1. The van der Waals surface area contributed by atoms with Crippen molar-refractivity contribution in [2.24, 2.45) is 0 Å². The number of carbonyl (C=O) groups excluding carboxylic acids is 2. The maximum atomic E-state index is 13.6. The van der Waals surface area contributed by atoms with Gasteiger partial charge in [0.1, 0.15) is 5.82 Å². The van der Waals surface area contributed by atoms with Gasteiger partial charge in [0.25, 0.3) is 0 Å². The average molecular weight is 433 g/mol. The van der Waals surface area contributed by atoms with Gasteiger partial charge in [-0.15, -0.1) is 0 Å². The Morgan fingerprint density at radius 2 is 1.96 bits per heavy atom. The third kappa shape index (κ3) is 3.88. The van der Waals surface area contributed by atoms with Crippen LogP contribution in [0.2, 0.25) is 0 Å². The lowest BCUT2D eigenvalue weighted by Gasteiger charge is -2.35. The van der Waals surface area contributed by atoms with Crippen LogP contribution in [0.5, 0.6) is 0 Å². The molecular formula is C20H18BrFN2O3. The highest BCUT2D eigenvalue weighted by atomic mass is 79.9. The zero-order valence-electron chi connectivity index (χ0n) is 14.8. The van der Waals surface area contributed by atoms with Crippen LogP contribution in [0, 0.1) is 5.82 Å². The number of nitrogens with one attached hydrogen (secondary N) is 1. The van der Waals surface area contributed by atoms with E-state index in [0.717, 1.165) is 5.56 Å². The predicted octanol–water partition coefficient (Wildman–Crippen LogP) is 4.30. The number of rotatable bonds is 4. The Balaban J connectivity index is 2.04. The van der Waals surface area contributed by atoms with Crippen molar-refractivity contribution in [3.63, 3.8) is 0 Å². The van der Waals surface area contributed by atoms with Crippen LogP contribution in [0.3, 0.4) is 0 Å². The Bertz CT molecular complexity index is 915. The molecule has 1 aliphatic heterocycles. The fraction of sp³-hybridized carbons (Fsp3) is 0.200. The number of allylic oxidation sites excluding steroid dienone is 1. The van der Waals surface area contributed by atoms with Crippen molar-refractivity contribution < 1.29 is 18.7 Å². The molecule has 0 aromatic heterocycles. The van der Waals surface area contributed by atoms with Crippen LogP contribution < -0.4 is 5.32 Å². The van der Waals surface area contributed by atoms with Crippen LogP contribution in [0.4, 0.5) is 9.18 Å². The molecule has 0 spiro atoms. The first kappa shape index (κ1) is 19.1. The molecular weight excluding hydrogens is 415 g/mol. The zero-order valence-corrected chi connectivity index (χ0v) is 16.4. The third-order valence-corrected chi connectivity index (χ3v) is 5.07. The summed E-state index contributed by atoms with van der Waals surface area (Å²) < 4.78 is 18.8. The number of ether oxygens (including phenoxy) is 1. The van der Waals surface area contributed by atoms with Gasteiger partial charge in [-0.1, -0.05) is 36.4 Å². The van der Waals surface area contributed by atoms with E-state index in [-0.39, 0.29) is 10.5 Å². The van der Waals surface area contributed by atoms with Crippen molar-refractivity contribution in [2.75, 3.05) is 7.11 Å². The van der Waals surface area contributed by atoms with Gasteiger partial charge >= 0.3 is 12.0 Å². The monoisotopic (exact) mass is 432 g/mol. The average Bonchev–Trinajstić information content (AvgIpc) is 2.67. The van der Waals surface area contributed by atoms with E-state index in [2.05, 4.69) is 21.2 Å². The molecule has 5 nitrogen and oxygen atoms in total. The summed E-state index contributed by atoms with van der Waals surface area (Å²) >= 11 is 3.14. The van der Waals surface area contributed by atoms with Gasteiger partial charge in [0.2, 0.25) is 0 Å². The van der Waals surface area contributed by atoms with Gasteiger partial charge in [0.05, 0.1) is 29.7 Å². The van der Waals surface area contributed by atoms with Gasteiger partial charge < -0.3 is 10.1 Å². The molecule has 2 aromatic carbocycles. The number of nitrogens with zero attached hydrogens (tertiary/aromatic N) is 1. The van der Waals surface area contributed by atoms with Crippen LogP contribution >= 0.6 is 15.9 Å². The van der Waals surface area contributed by atoms with Crippen LogP contribution in [0.1, 0.15) is 24.1 Å². The first-order valence-corrected chi connectivity index (χ1v) is 9.07. The van der Waals surface area contributed by atoms with E-state index in [1.807, 2.05) is 30.3 Å². The molecule has 2 amide bonds. The molecule has 0 radical (unpaired) electrons. The van der Waals surface area contributed by atoms with Crippen molar-refractivity contribution in [1.82, 2.24) is 10.2 Å². The van der Waals surface area contributed by atoms with E-state index in [1.165, 1.54) is 24.1 Å². The largest absolute Gasteiger partial charge is 0.466 e. The highest BCUT2D eigenvalue weighted by Gasteiger charge is 2.36. The number of halogens is 2. The summed E-state index contributed by atoms with van der Waals surface area (Å²) in [6.07, 6.45) is 0. The van der Waals surface area contributed by atoms with Gasteiger partial charge in [-0.25, -0.2) is 14.0 Å². The van der Waals surface area contributed by atoms with Crippen molar-refractivity contribution in [3.8, 4) is 0 Å². The summed E-state index contributed by atoms with van der Waals surface area (Å²) in [4.78, 5) is 26.7. The Labute approximate surface area is 164 Å². The second-order valence-corrected chi connectivity index (χ2v) is 6.97. The van der Waals surface area contributed by atoms with E-state index in [0.29, 0.717) is 23.4 Å². The van der Waals surface area contributed by atoms with Crippen molar-refractivity contribution in [3.05, 3.63) is 81.2 Å². The molecule has 140 valence electrons. The molecule has 7 heteroatoms. The summed E-state index contributed by atoms with van der Waals surface area (Å²) in [5, 5.41) is 2.83. The smallest absolute Gasteiger partial charge is 0.337 e. The highest BCUT2D eigenvalue weighted by molar-refractivity contribution is 9.10. The fourth-order valence-electron chi connectivity index (χ4n) is 3.05.